The summed E-state index contributed by atoms with van der Waals surface area (Å²) in [7, 11) is 0. The average molecular weight is 333 g/mol. The van der Waals surface area contributed by atoms with Crippen molar-refractivity contribution in [3.63, 3.8) is 0 Å². The Kier molecular flexibility index (Phi) is 5.65. The molecule has 0 fully saturated rings. The Morgan fingerprint density at radius 1 is 1.35 bits per heavy atom. The van der Waals surface area contributed by atoms with Crippen LogP contribution in [0.15, 0.2) is 41.1 Å². The zero-order chi connectivity index (χ0) is 16.8. The molecular weight excluding hydrogens is 317 g/mol. The third kappa shape index (κ3) is 5.03. The van der Waals surface area contributed by atoms with Crippen LogP contribution in [0.25, 0.3) is 6.08 Å². The maximum atomic E-state index is 13.4. The van der Waals surface area contributed by atoms with Crippen molar-refractivity contribution in [1.82, 2.24) is 0 Å². The zero-order valence-corrected chi connectivity index (χ0v) is 13.5. The SMILES string of the molecule is Cc1ccc(NC(=O)[C@@H](C)OC(=O)/C=C/c2ccsc2)cc1F. The molecular formula is C17H16FNO3S. The Hall–Kier alpha value is -2.47. The number of anilines is 1. The summed E-state index contributed by atoms with van der Waals surface area (Å²) < 4.78 is 18.4. The van der Waals surface area contributed by atoms with Gasteiger partial charge in [0.1, 0.15) is 5.82 Å². The molecule has 0 bridgehead atoms. The minimum absolute atomic E-state index is 0.315. The molecule has 0 saturated heterocycles. The van der Waals surface area contributed by atoms with Crippen LogP contribution < -0.4 is 5.32 Å². The van der Waals surface area contributed by atoms with E-state index in [0.717, 1.165) is 5.56 Å². The number of rotatable bonds is 5. The molecule has 1 atom stereocenters. The van der Waals surface area contributed by atoms with E-state index in [0.29, 0.717) is 11.3 Å². The number of halogens is 1. The molecule has 1 aromatic heterocycles. The van der Waals surface area contributed by atoms with E-state index in [-0.39, 0.29) is 0 Å². The van der Waals surface area contributed by atoms with Gasteiger partial charge in [0.15, 0.2) is 6.10 Å². The number of hydrogen-bond donors (Lipinski definition) is 1. The number of carbonyl (C=O) groups is 2. The van der Waals surface area contributed by atoms with E-state index in [9.17, 15) is 14.0 Å². The number of ether oxygens (including phenoxy) is 1. The summed E-state index contributed by atoms with van der Waals surface area (Å²) in [5, 5.41) is 6.28. The lowest BCUT2D eigenvalue weighted by Crippen LogP contribution is -2.29. The van der Waals surface area contributed by atoms with E-state index in [1.54, 1.807) is 25.1 Å². The lowest BCUT2D eigenvalue weighted by molar-refractivity contribution is -0.148. The van der Waals surface area contributed by atoms with Gasteiger partial charge in [-0.15, -0.1) is 0 Å². The Balaban J connectivity index is 1.89. The van der Waals surface area contributed by atoms with Gasteiger partial charge < -0.3 is 10.1 Å². The highest BCUT2D eigenvalue weighted by Crippen LogP contribution is 2.14. The molecule has 0 saturated carbocycles. The Morgan fingerprint density at radius 3 is 2.78 bits per heavy atom. The van der Waals surface area contributed by atoms with Gasteiger partial charge >= 0.3 is 5.97 Å². The summed E-state index contributed by atoms with van der Waals surface area (Å²) >= 11 is 1.52. The van der Waals surface area contributed by atoms with Crippen LogP contribution >= 0.6 is 11.3 Å². The van der Waals surface area contributed by atoms with Gasteiger partial charge in [-0.05, 0) is 60.0 Å². The van der Waals surface area contributed by atoms with Crippen molar-refractivity contribution >= 4 is 35.0 Å². The quantitative estimate of drug-likeness (QED) is 0.669. The summed E-state index contributed by atoms with van der Waals surface area (Å²) in [6.45, 7) is 3.08. The topological polar surface area (TPSA) is 55.4 Å². The fourth-order valence-corrected chi connectivity index (χ4v) is 2.34. The number of hydrogen-bond acceptors (Lipinski definition) is 4. The van der Waals surface area contributed by atoms with Gasteiger partial charge in [0.2, 0.25) is 0 Å². The minimum atomic E-state index is -0.987. The fourth-order valence-electron chi connectivity index (χ4n) is 1.72. The number of nitrogens with one attached hydrogen (secondary N) is 1. The van der Waals surface area contributed by atoms with Crippen LogP contribution in [0.3, 0.4) is 0 Å². The van der Waals surface area contributed by atoms with E-state index in [2.05, 4.69) is 5.32 Å². The molecule has 0 unspecified atom stereocenters. The molecule has 4 nitrogen and oxygen atoms in total. The Bertz CT molecular complexity index is 725. The number of esters is 1. The molecule has 1 N–H and O–H groups in total. The third-order valence-corrected chi connectivity index (χ3v) is 3.76. The summed E-state index contributed by atoms with van der Waals surface area (Å²) in [4.78, 5) is 23.6. The molecule has 2 aromatic rings. The Morgan fingerprint density at radius 2 is 2.13 bits per heavy atom. The van der Waals surface area contributed by atoms with Crippen molar-refractivity contribution in [1.29, 1.82) is 0 Å². The van der Waals surface area contributed by atoms with Crippen molar-refractivity contribution in [2.45, 2.75) is 20.0 Å². The zero-order valence-electron chi connectivity index (χ0n) is 12.7. The molecule has 0 aliphatic rings. The summed E-state index contributed by atoms with van der Waals surface area (Å²) in [6.07, 6.45) is 1.88. The number of benzene rings is 1. The smallest absolute Gasteiger partial charge is 0.331 e. The molecule has 0 aliphatic heterocycles. The number of aryl methyl sites for hydroxylation is 1. The standard InChI is InChI=1S/C17H16FNO3S/c1-11-3-5-14(9-15(11)18)19-17(21)12(2)22-16(20)6-4-13-7-8-23-10-13/h3-10,12H,1-2H3,(H,19,21)/b6-4+/t12-/m1/s1. The first-order valence-electron chi connectivity index (χ1n) is 6.93. The van der Waals surface area contributed by atoms with Gasteiger partial charge in [-0.1, -0.05) is 6.07 Å². The second-order valence-corrected chi connectivity index (χ2v) is 5.70. The molecule has 1 amide bonds. The molecule has 120 valence electrons. The Labute approximate surface area is 137 Å². The highest BCUT2D eigenvalue weighted by Gasteiger charge is 2.17. The van der Waals surface area contributed by atoms with Crippen molar-refractivity contribution < 1.29 is 18.7 Å². The molecule has 23 heavy (non-hydrogen) atoms. The number of thiophene rings is 1. The maximum absolute atomic E-state index is 13.4. The van der Waals surface area contributed by atoms with Crippen molar-refractivity contribution in [2.75, 3.05) is 5.32 Å². The first-order chi connectivity index (χ1) is 11.0. The van der Waals surface area contributed by atoms with Crippen LogP contribution in [0.2, 0.25) is 0 Å². The van der Waals surface area contributed by atoms with Gasteiger partial charge in [0.05, 0.1) is 0 Å². The predicted octanol–water partition coefficient (Wildman–Crippen LogP) is 3.78. The molecule has 1 heterocycles. The van der Waals surface area contributed by atoms with Gasteiger partial charge in [0.25, 0.3) is 5.91 Å². The van der Waals surface area contributed by atoms with Crippen LogP contribution in [-0.2, 0) is 14.3 Å². The second-order valence-electron chi connectivity index (χ2n) is 4.92. The second kappa shape index (κ2) is 7.69. The summed E-state index contributed by atoms with van der Waals surface area (Å²) in [6, 6.07) is 6.22. The van der Waals surface area contributed by atoms with Crippen LogP contribution in [-0.4, -0.2) is 18.0 Å². The molecule has 1 aromatic carbocycles. The highest BCUT2D eigenvalue weighted by molar-refractivity contribution is 7.08. The van der Waals surface area contributed by atoms with Gasteiger partial charge in [-0.3, -0.25) is 4.79 Å². The van der Waals surface area contributed by atoms with Crippen molar-refractivity contribution in [3.8, 4) is 0 Å². The van der Waals surface area contributed by atoms with Crippen molar-refractivity contribution in [2.24, 2.45) is 0 Å². The van der Waals surface area contributed by atoms with E-state index in [1.807, 2.05) is 16.8 Å². The van der Waals surface area contributed by atoms with E-state index in [4.69, 9.17) is 4.74 Å². The molecule has 2 rings (SSSR count). The van der Waals surface area contributed by atoms with Gasteiger partial charge in [0, 0.05) is 11.8 Å². The van der Waals surface area contributed by atoms with E-state index in [1.165, 1.54) is 30.4 Å². The van der Waals surface area contributed by atoms with Gasteiger partial charge in [-0.2, -0.15) is 11.3 Å². The monoisotopic (exact) mass is 333 g/mol. The lowest BCUT2D eigenvalue weighted by atomic mass is 10.2. The molecule has 0 spiro atoms. The average Bonchev–Trinajstić information content (AvgIpc) is 3.02. The first-order valence-corrected chi connectivity index (χ1v) is 7.88. The number of carbonyl (C=O) groups excluding carboxylic acids is 2. The van der Waals surface area contributed by atoms with E-state index < -0.39 is 23.8 Å². The minimum Gasteiger partial charge on any atom is -0.449 e. The molecule has 0 aliphatic carbocycles. The fraction of sp³-hybridized carbons (Fsp3) is 0.176. The predicted molar refractivity (Wildman–Crippen MR) is 88.7 cm³/mol. The van der Waals surface area contributed by atoms with Crippen LogP contribution in [0.4, 0.5) is 10.1 Å². The summed E-state index contributed by atoms with van der Waals surface area (Å²) in [5.74, 6) is -1.55. The lowest BCUT2D eigenvalue weighted by Gasteiger charge is -2.12. The first kappa shape index (κ1) is 16.9. The van der Waals surface area contributed by atoms with E-state index >= 15 is 0 Å². The molecule has 0 radical (unpaired) electrons. The summed E-state index contributed by atoms with van der Waals surface area (Å²) in [5.41, 5.74) is 1.69. The number of amides is 1. The largest absolute Gasteiger partial charge is 0.449 e. The van der Waals surface area contributed by atoms with Crippen molar-refractivity contribution in [3.05, 3.63) is 58.0 Å². The van der Waals surface area contributed by atoms with Crippen LogP contribution in [0.1, 0.15) is 18.1 Å². The third-order valence-electron chi connectivity index (χ3n) is 3.06. The van der Waals surface area contributed by atoms with Crippen LogP contribution in [0.5, 0.6) is 0 Å². The highest BCUT2D eigenvalue weighted by atomic mass is 32.1. The van der Waals surface area contributed by atoms with Crippen LogP contribution in [0, 0.1) is 12.7 Å². The van der Waals surface area contributed by atoms with Gasteiger partial charge in [-0.25, -0.2) is 9.18 Å². The maximum Gasteiger partial charge on any atom is 0.331 e. The molecule has 6 heteroatoms. The normalized spacial score (nSPS) is 12.1.